The van der Waals surface area contributed by atoms with E-state index in [1.54, 1.807) is 29.2 Å². The Morgan fingerprint density at radius 3 is 2.16 bits per heavy atom. The molecule has 0 unspecified atom stereocenters. The molecule has 32 heavy (non-hydrogen) atoms. The molecule has 0 aliphatic carbocycles. The van der Waals surface area contributed by atoms with Crippen LogP contribution in [0.15, 0.2) is 48.5 Å². The van der Waals surface area contributed by atoms with E-state index in [9.17, 15) is 18.8 Å². The first-order valence-electron chi connectivity index (χ1n) is 10.6. The van der Waals surface area contributed by atoms with E-state index in [0.717, 1.165) is 0 Å². The number of nitrogens with zero attached hydrogens (tertiary/aromatic N) is 1. The fourth-order valence-corrected chi connectivity index (χ4v) is 3.38. The Hall–Kier alpha value is -3.62. The Morgan fingerprint density at radius 1 is 0.938 bits per heavy atom. The number of piperidine rings is 1. The van der Waals surface area contributed by atoms with E-state index in [4.69, 9.17) is 4.74 Å². The molecule has 8 nitrogen and oxygen atoms in total. The highest BCUT2D eigenvalue weighted by atomic mass is 19.1. The van der Waals surface area contributed by atoms with Crippen LogP contribution >= 0.6 is 0 Å². The van der Waals surface area contributed by atoms with E-state index in [-0.39, 0.29) is 17.8 Å². The fourth-order valence-electron chi connectivity index (χ4n) is 3.38. The van der Waals surface area contributed by atoms with Crippen molar-refractivity contribution in [3.63, 3.8) is 0 Å². The van der Waals surface area contributed by atoms with Gasteiger partial charge in [0.2, 0.25) is 0 Å². The molecule has 0 aromatic heterocycles. The molecule has 170 valence electrons. The van der Waals surface area contributed by atoms with Gasteiger partial charge in [0.15, 0.2) is 0 Å². The lowest BCUT2D eigenvalue weighted by Crippen LogP contribution is -2.44. The molecule has 1 fully saturated rings. The normalized spacial score (nSPS) is 13.9. The Bertz CT molecular complexity index is 926. The van der Waals surface area contributed by atoms with E-state index in [1.807, 2.05) is 6.92 Å². The van der Waals surface area contributed by atoms with Gasteiger partial charge in [-0.05, 0) is 74.2 Å². The third kappa shape index (κ3) is 6.69. The second kappa shape index (κ2) is 11.1. The predicted octanol–water partition coefficient (Wildman–Crippen LogP) is 3.22. The van der Waals surface area contributed by atoms with E-state index < -0.39 is 11.8 Å². The second-order valence-electron chi connectivity index (χ2n) is 7.49. The maximum Gasteiger partial charge on any atom is 0.321 e. The molecule has 0 radical (unpaired) electrons. The average molecular weight is 442 g/mol. The zero-order valence-electron chi connectivity index (χ0n) is 17.9. The maximum absolute atomic E-state index is 13.0. The summed E-state index contributed by atoms with van der Waals surface area (Å²) in [4.78, 5) is 38.2. The predicted molar refractivity (Wildman–Crippen MR) is 119 cm³/mol. The van der Waals surface area contributed by atoms with Crippen LogP contribution in [0.2, 0.25) is 0 Å². The quantitative estimate of drug-likeness (QED) is 0.598. The van der Waals surface area contributed by atoms with Gasteiger partial charge in [-0.1, -0.05) is 0 Å². The molecule has 0 bridgehead atoms. The summed E-state index contributed by atoms with van der Waals surface area (Å²) < 4.78 is 18.3. The first kappa shape index (κ1) is 23.1. The lowest BCUT2D eigenvalue weighted by Gasteiger charge is -2.32. The number of amides is 4. The van der Waals surface area contributed by atoms with Gasteiger partial charge in [0.25, 0.3) is 0 Å². The Balaban J connectivity index is 1.37. The first-order chi connectivity index (χ1) is 15.4. The number of carbonyl (C=O) groups excluding carboxylic acids is 3. The van der Waals surface area contributed by atoms with Crippen molar-refractivity contribution in [1.29, 1.82) is 0 Å². The molecular weight excluding hydrogens is 415 g/mol. The average Bonchev–Trinajstić information content (AvgIpc) is 2.80. The second-order valence-corrected chi connectivity index (χ2v) is 7.49. The summed E-state index contributed by atoms with van der Waals surface area (Å²) in [5.41, 5.74) is 1.04. The molecule has 3 rings (SSSR count). The van der Waals surface area contributed by atoms with Gasteiger partial charge in [-0.15, -0.1) is 0 Å². The molecule has 0 saturated carbocycles. The van der Waals surface area contributed by atoms with Gasteiger partial charge in [-0.2, -0.15) is 0 Å². The number of rotatable bonds is 6. The van der Waals surface area contributed by atoms with E-state index in [2.05, 4.69) is 16.0 Å². The van der Waals surface area contributed by atoms with Crippen LogP contribution in [0.1, 0.15) is 19.8 Å². The zero-order chi connectivity index (χ0) is 22.9. The van der Waals surface area contributed by atoms with E-state index in [1.165, 1.54) is 24.3 Å². The summed E-state index contributed by atoms with van der Waals surface area (Å²) in [6.45, 7) is 3.86. The fraction of sp³-hybridized carbons (Fsp3) is 0.348. The number of hydrogen-bond donors (Lipinski definition) is 3. The smallest absolute Gasteiger partial charge is 0.321 e. The highest BCUT2D eigenvalue weighted by Gasteiger charge is 2.24. The minimum Gasteiger partial charge on any atom is -0.494 e. The number of nitrogens with one attached hydrogen (secondary N) is 3. The molecule has 0 spiro atoms. The van der Waals surface area contributed by atoms with Crippen LogP contribution < -0.4 is 20.7 Å². The molecule has 1 aliphatic rings. The van der Waals surface area contributed by atoms with Gasteiger partial charge < -0.3 is 25.6 Å². The van der Waals surface area contributed by atoms with Crippen LogP contribution in [-0.2, 0) is 9.59 Å². The van der Waals surface area contributed by atoms with Gasteiger partial charge in [0, 0.05) is 31.0 Å². The number of urea groups is 1. The minimum atomic E-state index is -0.731. The van der Waals surface area contributed by atoms with E-state index in [0.29, 0.717) is 56.2 Å². The Morgan fingerprint density at radius 2 is 1.53 bits per heavy atom. The van der Waals surface area contributed by atoms with Crippen LogP contribution in [0.25, 0.3) is 0 Å². The lowest BCUT2D eigenvalue weighted by atomic mass is 9.97. The summed E-state index contributed by atoms with van der Waals surface area (Å²) in [7, 11) is 0. The van der Waals surface area contributed by atoms with Crippen molar-refractivity contribution in [2.24, 2.45) is 5.92 Å². The van der Waals surface area contributed by atoms with Gasteiger partial charge in [0.05, 0.1) is 6.61 Å². The van der Waals surface area contributed by atoms with Crippen molar-refractivity contribution in [3.8, 4) is 5.75 Å². The summed E-state index contributed by atoms with van der Waals surface area (Å²) in [6.07, 6.45) is 1.41. The van der Waals surface area contributed by atoms with Gasteiger partial charge in [0.1, 0.15) is 11.6 Å². The number of benzene rings is 2. The number of likely N-dealkylation sites (tertiary alicyclic amines) is 1. The molecule has 1 saturated heterocycles. The van der Waals surface area contributed by atoms with Crippen molar-refractivity contribution in [3.05, 3.63) is 54.3 Å². The van der Waals surface area contributed by atoms with Crippen LogP contribution in [0.4, 0.5) is 20.6 Å². The highest BCUT2D eigenvalue weighted by Crippen LogP contribution is 2.18. The molecular formula is C23H27FN4O4. The minimum absolute atomic E-state index is 0.173. The highest BCUT2D eigenvalue weighted by molar-refractivity contribution is 6.39. The SMILES string of the molecule is CCOc1ccc(NC(=O)C(=O)NCC2CCN(C(=O)Nc3ccc(F)cc3)CC2)cc1. The number of carbonyl (C=O) groups is 3. The largest absolute Gasteiger partial charge is 0.494 e. The third-order valence-electron chi connectivity index (χ3n) is 5.18. The molecule has 2 aromatic rings. The lowest BCUT2D eigenvalue weighted by molar-refractivity contribution is -0.136. The molecule has 4 amide bonds. The Kier molecular flexibility index (Phi) is 8.02. The number of hydrogen-bond acceptors (Lipinski definition) is 4. The number of anilines is 2. The van der Waals surface area contributed by atoms with Gasteiger partial charge >= 0.3 is 17.8 Å². The standard InChI is InChI=1S/C23H27FN4O4/c1-2-32-20-9-7-18(8-10-20)26-22(30)21(29)25-15-16-11-13-28(14-12-16)23(31)27-19-5-3-17(24)4-6-19/h3-10,16H,2,11-15H2,1H3,(H,25,29)(H,26,30)(H,27,31). The van der Waals surface area contributed by atoms with Gasteiger partial charge in [-0.25, -0.2) is 9.18 Å². The van der Waals surface area contributed by atoms with Crippen molar-refractivity contribution in [1.82, 2.24) is 10.2 Å². The van der Waals surface area contributed by atoms with Crippen molar-refractivity contribution in [2.75, 3.05) is 36.9 Å². The number of ether oxygens (including phenoxy) is 1. The third-order valence-corrected chi connectivity index (χ3v) is 5.18. The topological polar surface area (TPSA) is 99.8 Å². The Labute approximate surface area is 186 Å². The van der Waals surface area contributed by atoms with Crippen molar-refractivity contribution < 1.29 is 23.5 Å². The van der Waals surface area contributed by atoms with Crippen LogP contribution in [-0.4, -0.2) is 49.0 Å². The number of halogens is 1. The summed E-state index contributed by atoms with van der Waals surface area (Å²) in [6, 6.07) is 12.1. The maximum atomic E-state index is 13.0. The molecule has 2 aromatic carbocycles. The summed E-state index contributed by atoms with van der Waals surface area (Å²) in [5, 5.41) is 7.96. The first-order valence-corrected chi connectivity index (χ1v) is 10.6. The van der Waals surface area contributed by atoms with E-state index >= 15 is 0 Å². The van der Waals surface area contributed by atoms with Crippen molar-refractivity contribution in [2.45, 2.75) is 19.8 Å². The monoisotopic (exact) mass is 442 g/mol. The molecule has 1 heterocycles. The van der Waals surface area contributed by atoms with Crippen LogP contribution in [0, 0.1) is 11.7 Å². The molecule has 0 atom stereocenters. The summed E-state index contributed by atoms with van der Waals surface area (Å²) in [5.74, 6) is -0.931. The molecule has 1 aliphatic heterocycles. The molecule has 3 N–H and O–H groups in total. The van der Waals surface area contributed by atoms with Crippen LogP contribution in [0.3, 0.4) is 0 Å². The van der Waals surface area contributed by atoms with Gasteiger partial charge in [-0.3, -0.25) is 9.59 Å². The summed E-state index contributed by atoms with van der Waals surface area (Å²) >= 11 is 0. The van der Waals surface area contributed by atoms with Crippen LogP contribution in [0.5, 0.6) is 5.75 Å². The molecule has 9 heteroatoms. The van der Waals surface area contributed by atoms with Crippen molar-refractivity contribution >= 4 is 29.2 Å². The zero-order valence-corrected chi connectivity index (χ0v) is 17.9.